The monoisotopic (exact) mass is 468 g/mol. The summed E-state index contributed by atoms with van der Waals surface area (Å²) in [6, 6.07) is 13.9. The maximum atomic E-state index is 12.4. The molecule has 0 saturated carbocycles. The van der Waals surface area contributed by atoms with Crippen molar-refractivity contribution in [2.45, 2.75) is 63.6 Å². The number of carbonyl (C=O) groups excluding carboxylic acids is 2. The zero-order valence-corrected chi connectivity index (χ0v) is 19.7. The van der Waals surface area contributed by atoms with Gasteiger partial charge in [-0.2, -0.15) is 0 Å². The van der Waals surface area contributed by atoms with Crippen molar-refractivity contribution < 1.29 is 29.0 Å². The van der Waals surface area contributed by atoms with E-state index in [1.165, 1.54) is 0 Å². The molecular formula is C26H32N2O6. The second-order valence-electron chi connectivity index (χ2n) is 9.43. The quantitative estimate of drug-likeness (QED) is 0.477. The van der Waals surface area contributed by atoms with Crippen LogP contribution in [0.15, 0.2) is 48.5 Å². The number of esters is 1. The highest BCUT2D eigenvalue weighted by atomic mass is 16.6. The molecule has 2 atom stereocenters. The van der Waals surface area contributed by atoms with Gasteiger partial charge < -0.3 is 25.6 Å². The highest BCUT2D eigenvalue weighted by Gasteiger charge is 2.30. The number of carbonyl (C=O) groups is 3. The lowest BCUT2D eigenvalue weighted by atomic mass is 9.98. The van der Waals surface area contributed by atoms with Crippen LogP contribution < -0.4 is 11.1 Å². The molecule has 0 aromatic heterocycles. The number of ether oxygens (including phenoxy) is 2. The van der Waals surface area contributed by atoms with Crippen LogP contribution >= 0.6 is 0 Å². The van der Waals surface area contributed by atoms with Gasteiger partial charge in [0.15, 0.2) is 0 Å². The van der Waals surface area contributed by atoms with E-state index in [2.05, 4.69) is 5.32 Å². The normalized spacial score (nSPS) is 14.5. The second-order valence-corrected chi connectivity index (χ2v) is 9.43. The molecule has 1 aliphatic rings. The molecule has 2 aromatic carbocycles. The summed E-state index contributed by atoms with van der Waals surface area (Å²) >= 11 is 0. The van der Waals surface area contributed by atoms with E-state index in [1.807, 2.05) is 48.5 Å². The molecule has 0 fully saturated rings. The SMILES string of the molecule is CC(C)(C)OC(=O)C(N)CCCC(NC(=O)OCC1c2ccccc2-c2ccccc21)C(=O)O. The van der Waals surface area contributed by atoms with Crippen LogP contribution in [0.1, 0.15) is 57.1 Å². The zero-order chi connectivity index (χ0) is 24.9. The number of fused-ring (bicyclic) bond motifs is 3. The summed E-state index contributed by atoms with van der Waals surface area (Å²) in [7, 11) is 0. The first-order chi connectivity index (χ1) is 16.1. The minimum Gasteiger partial charge on any atom is -0.480 e. The first kappa shape index (κ1) is 25.2. The van der Waals surface area contributed by atoms with Crippen LogP contribution in [-0.2, 0) is 19.1 Å². The zero-order valence-electron chi connectivity index (χ0n) is 19.7. The van der Waals surface area contributed by atoms with Crippen LogP contribution in [0.5, 0.6) is 0 Å². The number of carboxylic acid groups (broad SMARTS) is 1. The number of nitrogens with one attached hydrogen (secondary N) is 1. The number of hydrogen-bond acceptors (Lipinski definition) is 6. The van der Waals surface area contributed by atoms with Gasteiger partial charge in [0, 0.05) is 5.92 Å². The third kappa shape index (κ3) is 6.35. The van der Waals surface area contributed by atoms with Gasteiger partial charge in [0.1, 0.15) is 24.3 Å². The Kier molecular flexibility index (Phi) is 7.94. The molecule has 0 aliphatic heterocycles. The fraction of sp³-hybridized carbons (Fsp3) is 0.423. The lowest BCUT2D eigenvalue weighted by molar-refractivity contribution is -0.156. The average Bonchev–Trinajstić information content (AvgIpc) is 3.09. The molecule has 182 valence electrons. The van der Waals surface area contributed by atoms with E-state index in [-0.39, 0.29) is 25.4 Å². The number of aliphatic carboxylic acids is 1. The molecule has 3 rings (SSSR count). The Morgan fingerprint density at radius 3 is 2.09 bits per heavy atom. The fourth-order valence-electron chi connectivity index (χ4n) is 4.08. The number of nitrogens with two attached hydrogens (primary N) is 1. The standard InChI is InChI=1S/C26H32N2O6/c1-26(2,3)34-24(31)21(27)13-8-14-22(23(29)30)28-25(32)33-15-20-18-11-6-4-9-16(18)17-10-5-7-12-19(17)20/h4-7,9-12,20-22H,8,13-15,27H2,1-3H3,(H,28,32)(H,29,30). The van der Waals surface area contributed by atoms with E-state index >= 15 is 0 Å². The number of carboxylic acids is 1. The molecule has 0 radical (unpaired) electrons. The Labute approximate surface area is 199 Å². The molecule has 1 amide bonds. The van der Waals surface area contributed by atoms with Crippen LogP contribution in [0.25, 0.3) is 11.1 Å². The van der Waals surface area contributed by atoms with Crippen molar-refractivity contribution in [2.24, 2.45) is 5.73 Å². The van der Waals surface area contributed by atoms with Gasteiger partial charge in [-0.1, -0.05) is 48.5 Å². The molecule has 4 N–H and O–H groups in total. The van der Waals surface area contributed by atoms with Crippen LogP contribution in [0, 0.1) is 0 Å². The van der Waals surface area contributed by atoms with Crippen molar-refractivity contribution in [1.29, 1.82) is 0 Å². The minimum atomic E-state index is -1.18. The largest absolute Gasteiger partial charge is 0.480 e. The number of amides is 1. The number of hydrogen-bond donors (Lipinski definition) is 3. The predicted octanol–water partition coefficient (Wildman–Crippen LogP) is 3.82. The molecule has 8 heteroatoms. The molecule has 0 bridgehead atoms. The summed E-state index contributed by atoms with van der Waals surface area (Å²) in [6.07, 6.45) is -0.132. The average molecular weight is 469 g/mol. The van der Waals surface area contributed by atoms with E-state index in [0.29, 0.717) is 6.42 Å². The molecule has 0 saturated heterocycles. The molecule has 0 heterocycles. The van der Waals surface area contributed by atoms with E-state index in [4.69, 9.17) is 15.2 Å². The Morgan fingerprint density at radius 1 is 1.00 bits per heavy atom. The van der Waals surface area contributed by atoms with Crippen molar-refractivity contribution in [3.05, 3.63) is 59.7 Å². The summed E-state index contributed by atoms with van der Waals surface area (Å²) in [5, 5.41) is 11.9. The van der Waals surface area contributed by atoms with Crippen molar-refractivity contribution in [2.75, 3.05) is 6.61 Å². The maximum absolute atomic E-state index is 12.4. The van der Waals surface area contributed by atoms with Crippen molar-refractivity contribution in [3.8, 4) is 11.1 Å². The highest BCUT2D eigenvalue weighted by molar-refractivity contribution is 5.81. The number of alkyl carbamates (subject to hydrolysis) is 1. The van der Waals surface area contributed by atoms with Gasteiger partial charge in [-0.3, -0.25) is 4.79 Å². The molecule has 0 spiro atoms. The fourth-order valence-corrected chi connectivity index (χ4v) is 4.08. The first-order valence-corrected chi connectivity index (χ1v) is 11.4. The third-order valence-corrected chi connectivity index (χ3v) is 5.65. The topological polar surface area (TPSA) is 128 Å². The van der Waals surface area contributed by atoms with Crippen LogP contribution in [0.2, 0.25) is 0 Å². The number of rotatable bonds is 9. The summed E-state index contributed by atoms with van der Waals surface area (Å²) in [4.78, 5) is 36.0. The van der Waals surface area contributed by atoms with E-state index < -0.39 is 35.7 Å². The van der Waals surface area contributed by atoms with Gasteiger partial charge >= 0.3 is 18.0 Å². The van der Waals surface area contributed by atoms with Crippen molar-refractivity contribution in [1.82, 2.24) is 5.32 Å². The third-order valence-electron chi connectivity index (χ3n) is 5.65. The van der Waals surface area contributed by atoms with Crippen LogP contribution in [-0.4, -0.2) is 47.4 Å². The van der Waals surface area contributed by atoms with Crippen LogP contribution in [0.3, 0.4) is 0 Å². The summed E-state index contributed by atoms with van der Waals surface area (Å²) in [5.74, 6) is -1.84. The predicted molar refractivity (Wildman–Crippen MR) is 127 cm³/mol. The molecule has 34 heavy (non-hydrogen) atoms. The summed E-state index contributed by atoms with van der Waals surface area (Å²) in [6.45, 7) is 5.33. The number of benzene rings is 2. The Balaban J connectivity index is 1.52. The molecular weight excluding hydrogens is 436 g/mol. The molecule has 2 aromatic rings. The van der Waals surface area contributed by atoms with E-state index in [9.17, 15) is 19.5 Å². The van der Waals surface area contributed by atoms with Gasteiger partial charge in [0.05, 0.1) is 0 Å². The molecule has 8 nitrogen and oxygen atoms in total. The van der Waals surface area contributed by atoms with E-state index in [1.54, 1.807) is 20.8 Å². The highest BCUT2D eigenvalue weighted by Crippen LogP contribution is 2.44. The van der Waals surface area contributed by atoms with Crippen molar-refractivity contribution >= 4 is 18.0 Å². The lowest BCUT2D eigenvalue weighted by Crippen LogP contribution is -2.42. The summed E-state index contributed by atoms with van der Waals surface area (Å²) in [5.41, 5.74) is 9.56. The van der Waals surface area contributed by atoms with Gasteiger partial charge in [0.2, 0.25) is 0 Å². The van der Waals surface area contributed by atoms with Gasteiger partial charge in [-0.05, 0) is 62.3 Å². The van der Waals surface area contributed by atoms with Gasteiger partial charge in [0.25, 0.3) is 0 Å². The first-order valence-electron chi connectivity index (χ1n) is 11.4. The Hall–Kier alpha value is -3.39. The Morgan fingerprint density at radius 2 is 1.56 bits per heavy atom. The minimum absolute atomic E-state index is 0.0930. The molecule has 2 unspecified atom stereocenters. The summed E-state index contributed by atoms with van der Waals surface area (Å²) < 4.78 is 10.7. The van der Waals surface area contributed by atoms with Gasteiger partial charge in [-0.15, -0.1) is 0 Å². The second kappa shape index (κ2) is 10.7. The van der Waals surface area contributed by atoms with E-state index in [0.717, 1.165) is 22.3 Å². The van der Waals surface area contributed by atoms with Crippen molar-refractivity contribution in [3.63, 3.8) is 0 Å². The van der Waals surface area contributed by atoms with Crippen LogP contribution in [0.4, 0.5) is 4.79 Å². The van der Waals surface area contributed by atoms with Gasteiger partial charge in [-0.25, -0.2) is 9.59 Å². The lowest BCUT2D eigenvalue weighted by Gasteiger charge is -2.22. The molecule has 1 aliphatic carbocycles. The smallest absolute Gasteiger partial charge is 0.407 e. The Bertz CT molecular complexity index is 1000. The maximum Gasteiger partial charge on any atom is 0.407 e.